The van der Waals surface area contributed by atoms with Crippen LogP contribution in [-0.4, -0.2) is 18.5 Å². The molecule has 1 aliphatic heterocycles. The number of nitrogens with one attached hydrogen (secondary N) is 1. The molecule has 2 fully saturated rings. The van der Waals surface area contributed by atoms with Gasteiger partial charge in [0.05, 0.1) is 5.41 Å². The van der Waals surface area contributed by atoms with Crippen molar-refractivity contribution in [2.45, 2.75) is 18.9 Å². The maximum atomic E-state index is 11.0. The second-order valence-electron chi connectivity index (χ2n) is 2.97. The summed E-state index contributed by atoms with van der Waals surface area (Å²) in [4.78, 5) is 11.0. The van der Waals surface area contributed by atoms with E-state index in [0.29, 0.717) is 6.54 Å². The molecule has 0 aromatic heterocycles. The average molecular weight is 126 g/mol. The van der Waals surface area contributed by atoms with Crippen LogP contribution in [0, 0.1) is 5.41 Å². The summed E-state index contributed by atoms with van der Waals surface area (Å²) < 4.78 is 0. The Bertz CT molecular complexity index is 162. The first-order chi connectivity index (χ1) is 4.26. The fraction of sp³-hybridized carbons (Fsp3) is 0.833. The monoisotopic (exact) mass is 126 g/mol. The van der Waals surface area contributed by atoms with Crippen molar-refractivity contribution in [3.05, 3.63) is 0 Å². The zero-order chi connectivity index (χ0) is 6.48. The topological polar surface area (TPSA) is 55.1 Å². The molecule has 1 spiro atoms. The van der Waals surface area contributed by atoms with Crippen LogP contribution in [0.15, 0.2) is 0 Å². The first-order valence-electron chi connectivity index (χ1n) is 3.30. The Labute approximate surface area is 53.6 Å². The number of nitrogens with two attached hydrogens (primary N) is 1. The molecule has 1 saturated carbocycles. The first-order valence-corrected chi connectivity index (χ1v) is 3.30. The van der Waals surface area contributed by atoms with Gasteiger partial charge >= 0.3 is 0 Å². The van der Waals surface area contributed by atoms with Crippen LogP contribution in [0.2, 0.25) is 0 Å². The average Bonchev–Trinajstić information content (AvgIpc) is 2.56. The van der Waals surface area contributed by atoms with Gasteiger partial charge in [0.1, 0.15) is 0 Å². The van der Waals surface area contributed by atoms with Crippen molar-refractivity contribution in [3.63, 3.8) is 0 Å². The number of rotatable bonds is 0. The Hall–Kier alpha value is -0.570. The van der Waals surface area contributed by atoms with Crippen LogP contribution in [0.4, 0.5) is 0 Å². The number of carbonyl (C=O) groups is 1. The Morgan fingerprint density at radius 2 is 2.33 bits per heavy atom. The van der Waals surface area contributed by atoms with Gasteiger partial charge in [-0.3, -0.25) is 4.79 Å². The van der Waals surface area contributed by atoms with Crippen LogP contribution in [0.25, 0.3) is 0 Å². The normalized spacial score (nSPS) is 37.0. The summed E-state index contributed by atoms with van der Waals surface area (Å²) in [6, 6.07) is 0.0880. The zero-order valence-corrected chi connectivity index (χ0v) is 5.18. The maximum absolute atomic E-state index is 11.0. The molecule has 1 saturated heterocycles. The van der Waals surface area contributed by atoms with Gasteiger partial charge < -0.3 is 11.1 Å². The van der Waals surface area contributed by atoms with Gasteiger partial charge in [-0.1, -0.05) is 0 Å². The van der Waals surface area contributed by atoms with Gasteiger partial charge in [0.15, 0.2) is 0 Å². The third kappa shape index (κ3) is 0.477. The van der Waals surface area contributed by atoms with Gasteiger partial charge in [0.2, 0.25) is 5.91 Å². The van der Waals surface area contributed by atoms with Crippen LogP contribution >= 0.6 is 0 Å². The third-order valence-electron chi connectivity index (χ3n) is 2.43. The van der Waals surface area contributed by atoms with E-state index in [4.69, 9.17) is 5.73 Å². The lowest BCUT2D eigenvalue weighted by molar-refractivity contribution is -0.123. The molecule has 3 heteroatoms. The highest BCUT2D eigenvalue weighted by Crippen LogP contribution is 2.50. The highest BCUT2D eigenvalue weighted by molar-refractivity contribution is 5.88. The van der Waals surface area contributed by atoms with E-state index in [1.54, 1.807) is 0 Å². The Morgan fingerprint density at radius 3 is 2.56 bits per heavy atom. The molecule has 0 aromatic rings. The Morgan fingerprint density at radius 1 is 1.67 bits per heavy atom. The number of carbonyl (C=O) groups excluding carboxylic acids is 1. The SMILES string of the molecule is NC1CNC(=O)C12CC2. The van der Waals surface area contributed by atoms with E-state index in [1.807, 2.05) is 0 Å². The fourth-order valence-electron chi connectivity index (χ4n) is 1.47. The van der Waals surface area contributed by atoms with Crippen molar-refractivity contribution in [2.75, 3.05) is 6.54 Å². The van der Waals surface area contributed by atoms with Gasteiger partial charge in [0.25, 0.3) is 0 Å². The molecule has 1 amide bonds. The lowest BCUT2D eigenvalue weighted by Crippen LogP contribution is -2.31. The van der Waals surface area contributed by atoms with Crippen LogP contribution in [-0.2, 0) is 4.79 Å². The second-order valence-corrected chi connectivity index (χ2v) is 2.97. The molecule has 3 N–H and O–H groups in total. The lowest BCUT2D eigenvalue weighted by atomic mass is 10.0. The molecule has 2 rings (SSSR count). The number of hydrogen-bond donors (Lipinski definition) is 2. The highest BCUT2D eigenvalue weighted by atomic mass is 16.2. The van der Waals surface area contributed by atoms with E-state index >= 15 is 0 Å². The molecule has 9 heavy (non-hydrogen) atoms. The van der Waals surface area contributed by atoms with Gasteiger partial charge in [-0.2, -0.15) is 0 Å². The van der Waals surface area contributed by atoms with E-state index < -0.39 is 0 Å². The minimum Gasteiger partial charge on any atom is -0.354 e. The van der Waals surface area contributed by atoms with Crippen LogP contribution in [0.3, 0.4) is 0 Å². The molecule has 50 valence electrons. The molecule has 3 nitrogen and oxygen atoms in total. The van der Waals surface area contributed by atoms with Crippen molar-refractivity contribution >= 4 is 5.91 Å². The number of hydrogen-bond acceptors (Lipinski definition) is 2. The standard InChI is InChI=1S/C6H10N2O/c7-4-3-8-5(9)6(4)1-2-6/h4H,1-3,7H2,(H,8,9). The minimum atomic E-state index is -0.111. The molecular formula is C6H10N2O. The Kier molecular flexibility index (Phi) is 0.750. The molecule has 1 unspecified atom stereocenters. The maximum Gasteiger partial charge on any atom is 0.227 e. The molecule has 0 radical (unpaired) electrons. The van der Waals surface area contributed by atoms with Gasteiger partial charge in [0, 0.05) is 12.6 Å². The fourth-order valence-corrected chi connectivity index (χ4v) is 1.47. The van der Waals surface area contributed by atoms with Crippen molar-refractivity contribution in [3.8, 4) is 0 Å². The van der Waals surface area contributed by atoms with Crippen molar-refractivity contribution < 1.29 is 4.79 Å². The van der Waals surface area contributed by atoms with Gasteiger partial charge in [-0.05, 0) is 12.8 Å². The highest BCUT2D eigenvalue weighted by Gasteiger charge is 2.57. The largest absolute Gasteiger partial charge is 0.354 e. The summed E-state index contributed by atoms with van der Waals surface area (Å²) in [6.45, 7) is 0.679. The van der Waals surface area contributed by atoms with Crippen molar-refractivity contribution in [2.24, 2.45) is 11.1 Å². The van der Waals surface area contributed by atoms with Crippen molar-refractivity contribution in [1.29, 1.82) is 0 Å². The van der Waals surface area contributed by atoms with E-state index in [9.17, 15) is 4.79 Å². The van der Waals surface area contributed by atoms with E-state index in [1.165, 1.54) is 0 Å². The van der Waals surface area contributed by atoms with Gasteiger partial charge in [-0.15, -0.1) is 0 Å². The third-order valence-corrected chi connectivity index (χ3v) is 2.43. The molecule has 1 atom stereocenters. The lowest BCUT2D eigenvalue weighted by Gasteiger charge is -2.06. The summed E-state index contributed by atoms with van der Waals surface area (Å²) in [5, 5.41) is 2.76. The van der Waals surface area contributed by atoms with E-state index in [0.717, 1.165) is 12.8 Å². The summed E-state index contributed by atoms with van der Waals surface area (Å²) >= 11 is 0. The summed E-state index contributed by atoms with van der Waals surface area (Å²) in [7, 11) is 0. The van der Waals surface area contributed by atoms with Crippen LogP contribution in [0.5, 0.6) is 0 Å². The molecule has 0 aromatic carbocycles. The first kappa shape index (κ1) is 5.23. The Balaban J connectivity index is 2.26. The van der Waals surface area contributed by atoms with E-state index in [-0.39, 0.29) is 17.4 Å². The smallest absolute Gasteiger partial charge is 0.227 e. The minimum absolute atomic E-state index is 0.0880. The summed E-state index contributed by atoms with van der Waals surface area (Å²) in [6.07, 6.45) is 2.00. The van der Waals surface area contributed by atoms with Gasteiger partial charge in [-0.25, -0.2) is 0 Å². The van der Waals surface area contributed by atoms with Crippen molar-refractivity contribution in [1.82, 2.24) is 5.32 Å². The second kappa shape index (κ2) is 1.29. The zero-order valence-electron chi connectivity index (χ0n) is 5.18. The quantitative estimate of drug-likeness (QED) is 0.447. The molecule has 1 heterocycles. The van der Waals surface area contributed by atoms with Crippen LogP contribution < -0.4 is 11.1 Å². The van der Waals surface area contributed by atoms with E-state index in [2.05, 4.69) is 5.32 Å². The molecular weight excluding hydrogens is 116 g/mol. The number of amides is 1. The molecule has 2 aliphatic rings. The van der Waals surface area contributed by atoms with Crippen LogP contribution in [0.1, 0.15) is 12.8 Å². The predicted molar refractivity (Wildman–Crippen MR) is 32.7 cm³/mol. The molecule has 0 bridgehead atoms. The molecule has 1 aliphatic carbocycles. The predicted octanol–water partition coefficient (Wildman–Crippen LogP) is -0.776. The summed E-state index contributed by atoms with van der Waals surface area (Å²) in [5.74, 6) is 0.176. The summed E-state index contributed by atoms with van der Waals surface area (Å²) in [5.41, 5.74) is 5.57.